The highest BCUT2D eigenvalue weighted by atomic mass is 32.2. The van der Waals surface area contributed by atoms with Crippen molar-refractivity contribution in [1.29, 1.82) is 0 Å². The first kappa shape index (κ1) is 24.0. The molecule has 0 atom stereocenters. The predicted molar refractivity (Wildman–Crippen MR) is 126 cm³/mol. The van der Waals surface area contributed by atoms with Crippen molar-refractivity contribution in [3.63, 3.8) is 0 Å². The summed E-state index contributed by atoms with van der Waals surface area (Å²) in [6.07, 6.45) is 7.17. The number of rotatable bonds is 6. The van der Waals surface area contributed by atoms with Crippen LogP contribution in [0.1, 0.15) is 44.9 Å². The molecule has 0 bridgehead atoms. The van der Waals surface area contributed by atoms with E-state index in [4.69, 9.17) is 9.47 Å². The molecule has 2 aliphatic rings. The molecule has 1 heterocycles. The maximum absolute atomic E-state index is 13.5. The molecule has 34 heavy (non-hydrogen) atoms. The van der Waals surface area contributed by atoms with Crippen LogP contribution in [0.4, 0.5) is 10.1 Å². The van der Waals surface area contributed by atoms with Crippen LogP contribution in [-0.2, 0) is 14.8 Å². The number of hydrogen-bond donors (Lipinski definition) is 1. The zero-order chi connectivity index (χ0) is 24.0. The number of nitrogens with one attached hydrogen (secondary N) is 1. The number of nitrogens with zero attached hydrogens (tertiary/aromatic N) is 2. The zero-order valence-electron chi connectivity index (χ0n) is 18.8. The summed E-state index contributed by atoms with van der Waals surface area (Å²) in [6, 6.07) is 9.21. The first-order valence-electron chi connectivity index (χ1n) is 11.5. The Bertz CT molecular complexity index is 1140. The van der Waals surface area contributed by atoms with E-state index < -0.39 is 28.3 Å². The highest BCUT2D eigenvalue weighted by Gasteiger charge is 2.29. The van der Waals surface area contributed by atoms with Crippen LogP contribution in [0, 0.1) is 5.82 Å². The van der Waals surface area contributed by atoms with Crippen LogP contribution in [0.15, 0.2) is 52.5 Å². The molecule has 1 N–H and O–H groups in total. The van der Waals surface area contributed by atoms with Gasteiger partial charge in [0.15, 0.2) is 11.5 Å². The molecule has 0 unspecified atom stereocenters. The molecule has 0 aromatic heterocycles. The fourth-order valence-electron chi connectivity index (χ4n) is 3.97. The minimum atomic E-state index is -4.18. The topological polar surface area (TPSA) is 97.3 Å². The molecular weight excluding hydrogens is 461 g/mol. The van der Waals surface area contributed by atoms with Crippen LogP contribution in [0.3, 0.4) is 0 Å². The fraction of sp³-hybridized carbons (Fsp3) is 0.417. The van der Waals surface area contributed by atoms with Gasteiger partial charge in [0.05, 0.1) is 10.6 Å². The van der Waals surface area contributed by atoms with Crippen LogP contribution in [-0.4, -0.2) is 39.8 Å². The monoisotopic (exact) mass is 489 g/mol. The van der Waals surface area contributed by atoms with Gasteiger partial charge in [0, 0.05) is 11.8 Å². The molecule has 0 radical (unpaired) electrons. The van der Waals surface area contributed by atoms with Gasteiger partial charge < -0.3 is 9.47 Å². The zero-order valence-corrected chi connectivity index (χ0v) is 19.7. The van der Waals surface area contributed by atoms with E-state index in [9.17, 15) is 17.6 Å². The van der Waals surface area contributed by atoms with E-state index in [0.717, 1.165) is 60.7 Å². The normalized spacial score (nSPS) is 16.2. The van der Waals surface area contributed by atoms with Gasteiger partial charge in [0.25, 0.3) is 15.9 Å². The van der Waals surface area contributed by atoms with Crippen molar-refractivity contribution in [2.45, 2.75) is 49.8 Å². The van der Waals surface area contributed by atoms with Crippen LogP contribution < -0.4 is 19.2 Å². The second-order valence-electron chi connectivity index (χ2n) is 8.27. The number of fused-ring (bicyclic) bond motifs is 1. The number of amides is 1. The third kappa shape index (κ3) is 5.85. The molecule has 8 nitrogen and oxygen atoms in total. The first-order chi connectivity index (χ1) is 16.4. The number of hydrazone groups is 1. The largest absolute Gasteiger partial charge is 0.486 e. The molecular formula is C24H28FN3O5S. The van der Waals surface area contributed by atoms with Gasteiger partial charge in [0.1, 0.15) is 25.6 Å². The first-order valence-corrected chi connectivity index (χ1v) is 12.9. The van der Waals surface area contributed by atoms with Crippen molar-refractivity contribution in [2.24, 2.45) is 5.10 Å². The summed E-state index contributed by atoms with van der Waals surface area (Å²) < 4.78 is 52.5. The molecule has 0 saturated heterocycles. The lowest BCUT2D eigenvalue weighted by Crippen LogP contribution is -2.39. The van der Waals surface area contributed by atoms with E-state index in [1.54, 1.807) is 0 Å². The van der Waals surface area contributed by atoms with Gasteiger partial charge in [-0.1, -0.05) is 19.3 Å². The summed E-state index contributed by atoms with van der Waals surface area (Å²) in [5.74, 6) is -0.335. The maximum atomic E-state index is 13.5. The van der Waals surface area contributed by atoms with Gasteiger partial charge in [-0.15, -0.1) is 0 Å². The lowest BCUT2D eigenvalue weighted by molar-refractivity contribution is -0.119. The van der Waals surface area contributed by atoms with Crippen LogP contribution in [0.2, 0.25) is 0 Å². The molecule has 2 aromatic rings. The molecule has 1 saturated carbocycles. The molecule has 182 valence electrons. The van der Waals surface area contributed by atoms with Gasteiger partial charge in [-0.25, -0.2) is 18.2 Å². The molecule has 1 aliphatic heterocycles. The molecule has 0 spiro atoms. The standard InChI is InChI=1S/C24H28FN3O5S/c25-18-8-10-20(11-9-18)28(17-24(29)27-26-19-6-4-2-1-3-5-7-19)34(30,31)21-12-13-22-23(16-21)33-15-14-32-22/h8-13,16H,1-7,14-15,17H2,(H,27,29). The number of anilines is 1. The molecule has 1 aliphatic carbocycles. The van der Waals surface area contributed by atoms with E-state index in [1.807, 2.05) is 0 Å². The fourth-order valence-corrected chi connectivity index (χ4v) is 5.40. The van der Waals surface area contributed by atoms with Crippen LogP contribution >= 0.6 is 0 Å². The third-order valence-corrected chi connectivity index (χ3v) is 7.54. The Hall–Kier alpha value is -3.14. The van der Waals surface area contributed by atoms with Gasteiger partial charge in [0.2, 0.25) is 0 Å². The van der Waals surface area contributed by atoms with E-state index >= 15 is 0 Å². The Kier molecular flexibility index (Phi) is 7.66. The summed E-state index contributed by atoms with van der Waals surface area (Å²) in [5, 5.41) is 4.26. The van der Waals surface area contributed by atoms with Crippen molar-refractivity contribution in [3.8, 4) is 11.5 Å². The molecule has 1 amide bonds. The summed E-state index contributed by atoms with van der Waals surface area (Å²) in [5.41, 5.74) is 3.58. The van der Waals surface area contributed by atoms with Crippen molar-refractivity contribution in [3.05, 3.63) is 48.3 Å². The summed E-state index contributed by atoms with van der Waals surface area (Å²) in [6.45, 7) is 0.170. The summed E-state index contributed by atoms with van der Waals surface area (Å²) in [7, 11) is -4.18. The maximum Gasteiger partial charge on any atom is 0.264 e. The van der Waals surface area contributed by atoms with Gasteiger partial charge in [-0.05, 0) is 62.1 Å². The molecule has 4 rings (SSSR count). The van der Waals surface area contributed by atoms with Gasteiger partial charge in [-0.2, -0.15) is 5.10 Å². The molecule has 10 heteroatoms. The van der Waals surface area contributed by atoms with Crippen molar-refractivity contribution < 1.29 is 27.1 Å². The summed E-state index contributed by atoms with van der Waals surface area (Å²) >= 11 is 0. The highest BCUT2D eigenvalue weighted by molar-refractivity contribution is 7.92. The lowest BCUT2D eigenvalue weighted by Gasteiger charge is -2.25. The number of sulfonamides is 1. The highest BCUT2D eigenvalue weighted by Crippen LogP contribution is 2.34. The van der Waals surface area contributed by atoms with Crippen LogP contribution in [0.25, 0.3) is 0 Å². The minimum absolute atomic E-state index is 0.0693. The number of halogens is 1. The third-order valence-electron chi connectivity index (χ3n) is 5.77. The number of carbonyl (C=O) groups excluding carboxylic acids is 1. The predicted octanol–water partition coefficient (Wildman–Crippen LogP) is 4.01. The van der Waals surface area contributed by atoms with Crippen molar-refractivity contribution >= 4 is 27.3 Å². The van der Waals surface area contributed by atoms with Gasteiger partial charge >= 0.3 is 0 Å². The average molecular weight is 490 g/mol. The minimum Gasteiger partial charge on any atom is -0.486 e. The Balaban J connectivity index is 1.58. The molecule has 2 aromatic carbocycles. The lowest BCUT2D eigenvalue weighted by atomic mass is 9.99. The Morgan fingerprint density at radius 3 is 2.29 bits per heavy atom. The Morgan fingerprint density at radius 1 is 0.941 bits per heavy atom. The number of hydrogen-bond acceptors (Lipinski definition) is 6. The second-order valence-corrected chi connectivity index (χ2v) is 10.1. The van der Waals surface area contributed by atoms with E-state index in [2.05, 4.69) is 10.5 Å². The Morgan fingerprint density at radius 2 is 1.59 bits per heavy atom. The van der Waals surface area contributed by atoms with E-state index in [1.165, 1.54) is 36.8 Å². The van der Waals surface area contributed by atoms with Crippen molar-refractivity contribution in [2.75, 3.05) is 24.1 Å². The summed E-state index contributed by atoms with van der Waals surface area (Å²) in [4.78, 5) is 12.7. The van der Waals surface area contributed by atoms with E-state index in [-0.39, 0.29) is 10.6 Å². The Labute approximate surface area is 198 Å². The number of carbonyl (C=O) groups is 1. The smallest absolute Gasteiger partial charge is 0.264 e. The quantitative estimate of drug-likeness (QED) is 0.619. The second kappa shape index (κ2) is 10.9. The SMILES string of the molecule is O=C(CN(c1ccc(F)cc1)S(=O)(=O)c1ccc2c(c1)OCCO2)NN=C1CCCCCCC1. The number of benzene rings is 2. The van der Waals surface area contributed by atoms with Crippen molar-refractivity contribution in [1.82, 2.24) is 5.43 Å². The van der Waals surface area contributed by atoms with Crippen LogP contribution in [0.5, 0.6) is 11.5 Å². The van der Waals surface area contributed by atoms with Gasteiger partial charge in [-0.3, -0.25) is 9.10 Å². The average Bonchev–Trinajstić information content (AvgIpc) is 2.82. The number of ether oxygens (including phenoxy) is 2. The molecule has 1 fully saturated rings. The van der Waals surface area contributed by atoms with E-state index in [0.29, 0.717) is 24.7 Å².